The zero-order valence-corrected chi connectivity index (χ0v) is 26.0. The van der Waals surface area contributed by atoms with Gasteiger partial charge in [0.25, 0.3) is 15.9 Å². The number of anilines is 1. The lowest BCUT2D eigenvalue weighted by molar-refractivity contribution is -0.128. The minimum absolute atomic E-state index is 0.0297. The number of carbonyl (C=O) groups excluding carboxylic acids is 3. The van der Waals surface area contributed by atoms with Crippen LogP contribution >= 0.6 is 0 Å². The second-order valence-corrected chi connectivity index (χ2v) is 13.5. The normalized spacial score (nSPS) is 15.1. The zero-order chi connectivity index (χ0) is 32.2. The Morgan fingerprint density at radius 1 is 0.889 bits per heavy atom. The Bertz CT molecular complexity index is 1820. The maximum Gasteiger partial charge on any atom is 0.264 e. The van der Waals surface area contributed by atoms with Crippen molar-refractivity contribution in [1.82, 2.24) is 10.0 Å². The first-order valence-corrected chi connectivity index (χ1v) is 16.2. The molecule has 0 spiro atoms. The van der Waals surface area contributed by atoms with E-state index in [0.29, 0.717) is 24.0 Å². The maximum absolute atomic E-state index is 13.8. The van der Waals surface area contributed by atoms with Crippen LogP contribution in [-0.2, 0) is 32.6 Å². The van der Waals surface area contributed by atoms with E-state index in [2.05, 4.69) is 10.0 Å². The number of hydrogen-bond donors (Lipinski definition) is 3. The lowest BCUT2D eigenvalue weighted by Gasteiger charge is -2.27. The number of rotatable bonds is 9. The van der Waals surface area contributed by atoms with Gasteiger partial charge in [-0.25, -0.2) is 13.1 Å². The van der Waals surface area contributed by atoms with E-state index in [0.717, 1.165) is 16.8 Å². The highest BCUT2D eigenvalue weighted by atomic mass is 32.2. The number of para-hydroxylation sites is 1. The van der Waals surface area contributed by atoms with Crippen LogP contribution in [0.3, 0.4) is 0 Å². The van der Waals surface area contributed by atoms with Gasteiger partial charge in [-0.3, -0.25) is 14.4 Å². The second kappa shape index (κ2) is 13.1. The van der Waals surface area contributed by atoms with E-state index in [4.69, 9.17) is 5.73 Å². The SMILES string of the molecule is CC(C)(N)CC(=O)N[C@@H]1CCc2ccccc2N(Cc2ccc(-c3ccccc3S(=O)(=O)NC(=O)c3ccccc3)cc2)C1=O. The monoisotopic (exact) mass is 624 g/mol. The van der Waals surface area contributed by atoms with Crippen LogP contribution < -0.4 is 20.7 Å². The number of fused-ring (bicyclic) bond motifs is 1. The first-order chi connectivity index (χ1) is 21.4. The van der Waals surface area contributed by atoms with Crippen molar-refractivity contribution in [1.29, 1.82) is 0 Å². The van der Waals surface area contributed by atoms with E-state index in [1.807, 2.05) is 36.4 Å². The van der Waals surface area contributed by atoms with E-state index in [9.17, 15) is 22.8 Å². The molecule has 1 aliphatic rings. The Balaban J connectivity index is 1.38. The topological polar surface area (TPSA) is 139 Å². The van der Waals surface area contributed by atoms with E-state index in [-0.39, 0.29) is 35.2 Å². The minimum atomic E-state index is -4.19. The van der Waals surface area contributed by atoms with Crippen molar-refractivity contribution in [2.45, 2.75) is 56.1 Å². The van der Waals surface area contributed by atoms with Crippen LogP contribution in [-0.4, -0.2) is 37.7 Å². The van der Waals surface area contributed by atoms with Crippen molar-refractivity contribution in [3.05, 3.63) is 120 Å². The van der Waals surface area contributed by atoms with Gasteiger partial charge < -0.3 is 16.0 Å². The van der Waals surface area contributed by atoms with Gasteiger partial charge in [0, 0.05) is 28.8 Å². The van der Waals surface area contributed by atoms with Crippen LogP contribution in [0.1, 0.15) is 48.2 Å². The highest BCUT2D eigenvalue weighted by Gasteiger charge is 2.32. The fraction of sp³-hybridized carbons (Fsp3) is 0.229. The summed E-state index contributed by atoms with van der Waals surface area (Å²) in [6, 6.07) is 28.9. The fourth-order valence-corrected chi connectivity index (χ4v) is 6.61. The molecule has 0 aliphatic carbocycles. The van der Waals surface area contributed by atoms with Gasteiger partial charge >= 0.3 is 0 Å². The molecule has 9 nitrogen and oxygen atoms in total. The van der Waals surface area contributed by atoms with E-state index in [1.54, 1.807) is 79.4 Å². The summed E-state index contributed by atoms with van der Waals surface area (Å²) in [5, 5.41) is 2.89. The summed E-state index contributed by atoms with van der Waals surface area (Å²) in [6.07, 6.45) is 1.19. The van der Waals surface area contributed by atoms with Gasteiger partial charge in [-0.05, 0) is 67.6 Å². The minimum Gasteiger partial charge on any atom is -0.344 e. The number of nitrogens with two attached hydrogens (primary N) is 1. The number of nitrogens with one attached hydrogen (secondary N) is 2. The molecular formula is C35H36N4O5S. The first-order valence-electron chi connectivity index (χ1n) is 14.7. The van der Waals surface area contributed by atoms with Gasteiger partial charge in [0.15, 0.2) is 0 Å². The third-order valence-electron chi connectivity index (χ3n) is 7.55. The Hall–Kier alpha value is -4.80. The summed E-state index contributed by atoms with van der Waals surface area (Å²) in [5.41, 5.74) is 9.23. The van der Waals surface area contributed by atoms with Gasteiger partial charge in [-0.2, -0.15) is 0 Å². The Labute approximate surface area is 263 Å². The van der Waals surface area contributed by atoms with Crippen molar-refractivity contribution < 1.29 is 22.8 Å². The van der Waals surface area contributed by atoms with Crippen LogP contribution in [0.5, 0.6) is 0 Å². The molecule has 232 valence electrons. The molecule has 4 aromatic rings. The highest BCUT2D eigenvalue weighted by molar-refractivity contribution is 7.90. The summed E-state index contributed by atoms with van der Waals surface area (Å²) in [4.78, 5) is 40.8. The summed E-state index contributed by atoms with van der Waals surface area (Å²) in [7, 11) is -4.19. The average Bonchev–Trinajstić information content (AvgIpc) is 3.13. The van der Waals surface area contributed by atoms with Crippen molar-refractivity contribution >= 4 is 33.4 Å². The summed E-state index contributed by atoms with van der Waals surface area (Å²) >= 11 is 0. The predicted molar refractivity (Wildman–Crippen MR) is 174 cm³/mol. The number of sulfonamides is 1. The molecule has 3 amide bonds. The molecule has 4 aromatic carbocycles. The predicted octanol–water partition coefficient (Wildman–Crippen LogP) is 4.56. The number of carbonyl (C=O) groups is 3. The van der Waals surface area contributed by atoms with E-state index < -0.39 is 27.5 Å². The molecule has 0 fully saturated rings. The molecule has 10 heteroatoms. The molecule has 0 radical (unpaired) electrons. The molecule has 0 unspecified atom stereocenters. The molecule has 4 N–H and O–H groups in total. The van der Waals surface area contributed by atoms with Crippen LogP contribution in [0.2, 0.25) is 0 Å². The summed E-state index contributed by atoms with van der Waals surface area (Å²) in [5.74, 6) is -1.20. The van der Waals surface area contributed by atoms with Gasteiger partial charge in [-0.1, -0.05) is 78.9 Å². The van der Waals surface area contributed by atoms with Crippen LogP contribution in [0.15, 0.2) is 108 Å². The Morgan fingerprint density at radius 2 is 1.53 bits per heavy atom. The van der Waals surface area contributed by atoms with Crippen molar-refractivity contribution in [3.63, 3.8) is 0 Å². The quantitative estimate of drug-likeness (QED) is 0.250. The standard InChI is InChI=1S/C35H36N4O5S/c1-35(2,36)22-32(40)37-29-21-20-26-10-6-8-14-30(26)39(34(29)42)23-24-16-18-25(19-17-24)28-13-7-9-15-31(28)45(43,44)38-33(41)27-11-4-3-5-12-27/h3-19,29H,20-23,36H2,1-2H3,(H,37,40)(H,38,41)/t29-/m1/s1. The summed E-state index contributed by atoms with van der Waals surface area (Å²) < 4.78 is 28.8. The third kappa shape index (κ3) is 7.65. The molecular weight excluding hydrogens is 588 g/mol. The number of nitrogens with zero attached hydrogens (tertiary/aromatic N) is 1. The van der Waals surface area contributed by atoms with Gasteiger partial charge in [0.2, 0.25) is 11.8 Å². The molecule has 0 saturated carbocycles. The van der Waals surface area contributed by atoms with Crippen molar-refractivity contribution in [3.8, 4) is 11.1 Å². The molecule has 5 rings (SSSR count). The molecule has 1 atom stereocenters. The Morgan fingerprint density at radius 3 is 2.24 bits per heavy atom. The van der Waals surface area contributed by atoms with E-state index >= 15 is 0 Å². The highest BCUT2D eigenvalue weighted by Crippen LogP contribution is 2.31. The largest absolute Gasteiger partial charge is 0.344 e. The summed E-state index contributed by atoms with van der Waals surface area (Å²) in [6.45, 7) is 3.78. The number of hydrogen-bond acceptors (Lipinski definition) is 6. The van der Waals surface area contributed by atoms with Crippen molar-refractivity contribution in [2.75, 3.05) is 4.90 Å². The first kappa shape index (κ1) is 31.6. The number of amides is 3. The second-order valence-electron chi connectivity index (χ2n) is 11.9. The number of benzene rings is 4. The molecule has 0 saturated heterocycles. The molecule has 0 aromatic heterocycles. The Kier molecular flexibility index (Phi) is 9.17. The van der Waals surface area contributed by atoms with Crippen LogP contribution in [0, 0.1) is 0 Å². The lowest BCUT2D eigenvalue weighted by atomic mass is 10.0. The number of aryl methyl sites for hydroxylation is 1. The van der Waals surface area contributed by atoms with Crippen molar-refractivity contribution in [2.24, 2.45) is 5.73 Å². The van der Waals surface area contributed by atoms with Gasteiger partial charge in [0.05, 0.1) is 11.4 Å². The average molecular weight is 625 g/mol. The maximum atomic E-state index is 13.8. The zero-order valence-electron chi connectivity index (χ0n) is 25.2. The molecule has 1 heterocycles. The third-order valence-corrected chi connectivity index (χ3v) is 8.93. The smallest absolute Gasteiger partial charge is 0.264 e. The van der Waals surface area contributed by atoms with Gasteiger partial charge in [-0.15, -0.1) is 0 Å². The molecule has 0 bridgehead atoms. The van der Waals surface area contributed by atoms with Crippen LogP contribution in [0.4, 0.5) is 5.69 Å². The van der Waals surface area contributed by atoms with Crippen LogP contribution in [0.25, 0.3) is 11.1 Å². The molecule has 45 heavy (non-hydrogen) atoms. The fourth-order valence-electron chi connectivity index (χ4n) is 5.41. The lowest BCUT2D eigenvalue weighted by Crippen LogP contribution is -2.49. The molecule has 1 aliphatic heterocycles. The van der Waals surface area contributed by atoms with E-state index in [1.165, 1.54) is 6.07 Å². The van der Waals surface area contributed by atoms with Gasteiger partial charge in [0.1, 0.15) is 6.04 Å².